The molecule has 1 aliphatic heterocycles. The van der Waals surface area contributed by atoms with Crippen LogP contribution < -0.4 is 0 Å². The minimum atomic E-state index is -0.505. The van der Waals surface area contributed by atoms with Crippen molar-refractivity contribution in [1.82, 2.24) is 4.90 Å². The molecule has 4 nitrogen and oxygen atoms in total. The van der Waals surface area contributed by atoms with Gasteiger partial charge in [0.05, 0.1) is 18.5 Å². The maximum Gasteiger partial charge on any atom is 0.171 e. The van der Waals surface area contributed by atoms with Crippen LogP contribution in [0.2, 0.25) is 0 Å². The first-order valence-corrected chi connectivity index (χ1v) is 2.84. The highest BCUT2D eigenvalue weighted by atomic mass is 15.2. The minimum absolute atomic E-state index is 0.398. The van der Waals surface area contributed by atoms with Crippen molar-refractivity contribution < 1.29 is 0 Å². The monoisotopic (exact) mass is 134 g/mol. The molecule has 50 valence electrons. The molecule has 1 heterocycles. The van der Waals surface area contributed by atoms with Crippen LogP contribution in [0.25, 0.3) is 0 Å². The Kier molecular flexibility index (Phi) is 1.55. The van der Waals surface area contributed by atoms with Crippen LogP contribution in [-0.2, 0) is 0 Å². The molecular weight excluding hydrogens is 128 g/mol. The van der Waals surface area contributed by atoms with Gasteiger partial charge in [0.15, 0.2) is 12.1 Å². The van der Waals surface area contributed by atoms with E-state index >= 15 is 0 Å². The highest BCUT2D eigenvalue weighted by Crippen LogP contribution is 2.09. The third-order valence-corrected chi connectivity index (χ3v) is 1.41. The van der Waals surface area contributed by atoms with Crippen molar-refractivity contribution in [3.8, 4) is 12.1 Å². The van der Waals surface area contributed by atoms with Gasteiger partial charge >= 0.3 is 0 Å². The van der Waals surface area contributed by atoms with Gasteiger partial charge in [0.2, 0.25) is 0 Å². The largest absolute Gasteiger partial charge is 0.347 e. The highest BCUT2D eigenvalue weighted by Gasteiger charge is 2.27. The second-order valence-corrected chi connectivity index (χ2v) is 2.08. The lowest BCUT2D eigenvalue weighted by Gasteiger charge is -2.11. The Labute approximate surface area is 59.0 Å². The molecule has 10 heavy (non-hydrogen) atoms. The van der Waals surface area contributed by atoms with Gasteiger partial charge in [-0.05, 0) is 0 Å². The van der Waals surface area contributed by atoms with E-state index in [-0.39, 0.29) is 0 Å². The van der Waals surface area contributed by atoms with Gasteiger partial charge in [-0.3, -0.25) is 4.99 Å². The van der Waals surface area contributed by atoms with Crippen LogP contribution in [0, 0.1) is 22.7 Å². The number of aliphatic imine (C=N–C) groups is 1. The zero-order valence-electron chi connectivity index (χ0n) is 5.52. The molecule has 0 fully saturated rings. The van der Waals surface area contributed by atoms with Crippen LogP contribution in [0.4, 0.5) is 0 Å². The topological polar surface area (TPSA) is 63.2 Å². The number of nitriles is 2. The molecule has 0 bridgehead atoms. The zero-order valence-corrected chi connectivity index (χ0v) is 5.52. The molecule has 0 spiro atoms. The van der Waals surface area contributed by atoms with Crippen molar-refractivity contribution in [1.29, 1.82) is 10.5 Å². The molecular formula is C6H6N4. The van der Waals surface area contributed by atoms with Gasteiger partial charge in [-0.15, -0.1) is 0 Å². The summed E-state index contributed by atoms with van der Waals surface area (Å²) >= 11 is 0. The summed E-state index contributed by atoms with van der Waals surface area (Å²) in [6.07, 6.45) is 1.52. The van der Waals surface area contributed by atoms with Crippen molar-refractivity contribution in [2.75, 3.05) is 7.05 Å². The van der Waals surface area contributed by atoms with E-state index in [1.54, 1.807) is 11.9 Å². The second-order valence-electron chi connectivity index (χ2n) is 2.08. The van der Waals surface area contributed by atoms with Gasteiger partial charge in [0, 0.05) is 7.05 Å². The van der Waals surface area contributed by atoms with Crippen molar-refractivity contribution in [3.63, 3.8) is 0 Å². The quantitative estimate of drug-likeness (QED) is 0.458. The Morgan fingerprint density at radius 1 is 1.50 bits per heavy atom. The van der Waals surface area contributed by atoms with Crippen LogP contribution in [0.3, 0.4) is 0 Å². The van der Waals surface area contributed by atoms with E-state index in [2.05, 4.69) is 4.99 Å². The molecule has 1 rings (SSSR count). The first-order chi connectivity index (χ1) is 4.79. The molecule has 0 N–H and O–H groups in total. The van der Waals surface area contributed by atoms with Gasteiger partial charge in [-0.25, -0.2) is 0 Å². The van der Waals surface area contributed by atoms with Gasteiger partial charge in [0.1, 0.15) is 0 Å². The second kappa shape index (κ2) is 2.36. The molecule has 0 aromatic rings. The molecule has 2 unspecified atom stereocenters. The van der Waals surface area contributed by atoms with Crippen molar-refractivity contribution >= 4 is 6.34 Å². The van der Waals surface area contributed by atoms with E-state index in [4.69, 9.17) is 10.5 Å². The zero-order chi connectivity index (χ0) is 7.56. The fraction of sp³-hybridized carbons (Fsp3) is 0.500. The Bertz CT molecular complexity index is 231. The lowest BCUT2D eigenvalue weighted by molar-refractivity contribution is 0.459. The fourth-order valence-electron chi connectivity index (χ4n) is 0.819. The van der Waals surface area contributed by atoms with E-state index in [1.165, 1.54) is 6.34 Å². The maximum atomic E-state index is 8.52. The third-order valence-electron chi connectivity index (χ3n) is 1.41. The van der Waals surface area contributed by atoms with E-state index in [1.807, 2.05) is 12.1 Å². The molecule has 1 aliphatic rings. The normalized spacial score (nSPS) is 29.7. The summed E-state index contributed by atoms with van der Waals surface area (Å²) in [5, 5.41) is 17.0. The fourth-order valence-corrected chi connectivity index (χ4v) is 0.819. The van der Waals surface area contributed by atoms with E-state index in [0.29, 0.717) is 0 Å². The number of hydrogen-bond donors (Lipinski definition) is 0. The average molecular weight is 134 g/mol. The van der Waals surface area contributed by atoms with Crippen LogP contribution in [-0.4, -0.2) is 30.4 Å². The molecule has 4 heteroatoms. The van der Waals surface area contributed by atoms with E-state index < -0.39 is 12.1 Å². The minimum Gasteiger partial charge on any atom is -0.347 e. The lowest BCUT2D eigenvalue weighted by Crippen LogP contribution is -2.31. The molecule has 0 saturated carbocycles. The SMILES string of the molecule is CN1C=NC(C#N)C1C#N. The summed E-state index contributed by atoms with van der Waals surface area (Å²) in [6, 6.07) is 3.02. The maximum absolute atomic E-state index is 8.52. The average Bonchev–Trinajstić information content (AvgIpc) is 2.30. The Morgan fingerprint density at radius 2 is 2.20 bits per heavy atom. The van der Waals surface area contributed by atoms with Crippen LogP contribution in [0.5, 0.6) is 0 Å². The van der Waals surface area contributed by atoms with E-state index in [0.717, 1.165) is 0 Å². The van der Waals surface area contributed by atoms with E-state index in [9.17, 15) is 0 Å². The van der Waals surface area contributed by atoms with Crippen LogP contribution >= 0.6 is 0 Å². The summed E-state index contributed by atoms with van der Waals surface area (Å²) in [7, 11) is 1.73. The van der Waals surface area contributed by atoms with Crippen LogP contribution in [0.1, 0.15) is 0 Å². The molecule has 0 aromatic carbocycles. The smallest absolute Gasteiger partial charge is 0.171 e. The summed E-state index contributed by atoms with van der Waals surface area (Å²) in [4.78, 5) is 5.44. The summed E-state index contributed by atoms with van der Waals surface area (Å²) in [6.45, 7) is 0. The molecule has 0 radical (unpaired) electrons. The summed E-state index contributed by atoms with van der Waals surface area (Å²) < 4.78 is 0. The van der Waals surface area contributed by atoms with Gasteiger partial charge in [-0.1, -0.05) is 0 Å². The molecule has 0 amide bonds. The lowest BCUT2D eigenvalue weighted by atomic mass is 10.2. The Morgan fingerprint density at radius 3 is 2.60 bits per heavy atom. The molecule has 0 aromatic heterocycles. The number of nitrogens with zero attached hydrogens (tertiary/aromatic N) is 4. The predicted molar refractivity (Wildman–Crippen MR) is 35.1 cm³/mol. The molecule has 0 saturated heterocycles. The first kappa shape index (κ1) is 6.57. The standard InChI is InChI=1S/C6H6N4/c1-10-4-9-5(2-7)6(10)3-8/h4-6H,1H3. The molecule has 0 aliphatic carbocycles. The highest BCUT2D eigenvalue weighted by molar-refractivity contribution is 5.60. The van der Waals surface area contributed by atoms with Gasteiger partial charge in [-0.2, -0.15) is 10.5 Å². The summed E-state index contributed by atoms with van der Waals surface area (Å²) in [5.41, 5.74) is 0. The Hall–Kier alpha value is -1.55. The van der Waals surface area contributed by atoms with Gasteiger partial charge in [0.25, 0.3) is 0 Å². The first-order valence-electron chi connectivity index (χ1n) is 2.84. The molecule has 2 atom stereocenters. The predicted octanol–water partition coefficient (Wildman–Crippen LogP) is -0.256. The number of hydrogen-bond acceptors (Lipinski definition) is 4. The van der Waals surface area contributed by atoms with Gasteiger partial charge < -0.3 is 4.90 Å². The third kappa shape index (κ3) is 0.803. The van der Waals surface area contributed by atoms with Crippen LogP contribution in [0.15, 0.2) is 4.99 Å². The van der Waals surface area contributed by atoms with Crippen molar-refractivity contribution in [2.45, 2.75) is 12.1 Å². The number of likely N-dealkylation sites (N-methyl/N-ethyl adjacent to an activating group) is 1. The number of rotatable bonds is 0. The van der Waals surface area contributed by atoms with Crippen molar-refractivity contribution in [3.05, 3.63) is 0 Å². The van der Waals surface area contributed by atoms with Crippen molar-refractivity contribution in [2.24, 2.45) is 4.99 Å². The Balaban J connectivity index is 2.76. The summed E-state index contributed by atoms with van der Waals surface area (Å²) in [5.74, 6) is 0.